The maximum atomic E-state index is 14.0. The molecule has 0 radical (unpaired) electrons. The quantitative estimate of drug-likeness (QED) is 0.491. The molecule has 8 heteroatoms. The third-order valence-electron chi connectivity index (χ3n) is 5.34. The number of halogens is 2. The van der Waals surface area contributed by atoms with Crippen LogP contribution in [-0.4, -0.2) is 15.0 Å². The number of hydrogen-bond acceptors (Lipinski definition) is 5. The molecule has 2 heterocycles. The molecule has 1 fully saturated rings. The van der Waals surface area contributed by atoms with Crippen molar-refractivity contribution in [3.63, 3.8) is 0 Å². The zero-order chi connectivity index (χ0) is 20.6. The molecule has 0 amide bonds. The van der Waals surface area contributed by atoms with E-state index >= 15 is 0 Å². The topological polar surface area (TPSA) is 74.5 Å². The summed E-state index contributed by atoms with van der Waals surface area (Å²) in [7, 11) is 0. The molecule has 2 aromatic heterocycles. The van der Waals surface area contributed by atoms with E-state index in [4.69, 9.17) is 0 Å². The number of nitriles is 1. The molecular formula is C22H20F2N5Na. The van der Waals surface area contributed by atoms with Gasteiger partial charge in [0.05, 0.1) is 17.1 Å². The van der Waals surface area contributed by atoms with Crippen molar-refractivity contribution in [2.75, 3.05) is 5.32 Å². The van der Waals surface area contributed by atoms with E-state index in [1.54, 1.807) is 19.1 Å². The average Bonchev–Trinajstić information content (AvgIpc) is 3.53. The van der Waals surface area contributed by atoms with E-state index in [-0.39, 0.29) is 41.5 Å². The van der Waals surface area contributed by atoms with Crippen LogP contribution in [0.1, 0.15) is 48.7 Å². The van der Waals surface area contributed by atoms with Crippen LogP contribution < -0.4 is 34.9 Å². The fraction of sp³-hybridized carbons (Fsp3) is 0.364. The predicted octanol–water partition coefficient (Wildman–Crippen LogP) is 1.81. The number of rotatable bonds is 6. The van der Waals surface area contributed by atoms with Crippen LogP contribution >= 0.6 is 0 Å². The van der Waals surface area contributed by atoms with Crippen LogP contribution in [0, 0.1) is 24.5 Å². The first kappa shape index (κ1) is 22.5. The van der Waals surface area contributed by atoms with Crippen LogP contribution in [0.4, 0.5) is 14.6 Å². The molecule has 1 aromatic carbocycles. The summed E-state index contributed by atoms with van der Waals surface area (Å²) in [5, 5.41) is 13.4. The van der Waals surface area contributed by atoms with Gasteiger partial charge in [-0.05, 0) is 36.8 Å². The second kappa shape index (κ2) is 8.54. The van der Waals surface area contributed by atoms with E-state index in [9.17, 15) is 14.0 Å². The third-order valence-corrected chi connectivity index (χ3v) is 5.34. The first-order chi connectivity index (χ1) is 13.9. The molecule has 1 aliphatic carbocycles. The van der Waals surface area contributed by atoms with E-state index in [1.165, 1.54) is 19.1 Å². The smallest absolute Gasteiger partial charge is 0.369 e. The number of alkyl halides is 2. The zero-order valence-corrected chi connectivity index (χ0v) is 19.3. The van der Waals surface area contributed by atoms with Gasteiger partial charge >= 0.3 is 29.6 Å². The SMILES string of the molecule is CCC(F)(F)c1cccc(CNc2nc(C)nc3n[c-]c(C4(C#N)CC4)cc23)c1.[Na+]. The van der Waals surface area contributed by atoms with Gasteiger partial charge in [-0.1, -0.05) is 31.3 Å². The van der Waals surface area contributed by atoms with Crippen LogP contribution in [0.3, 0.4) is 0 Å². The van der Waals surface area contributed by atoms with E-state index in [0.717, 1.165) is 24.0 Å². The normalized spacial score (nSPS) is 14.6. The Kier molecular flexibility index (Phi) is 6.42. The molecule has 0 spiro atoms. The molecule has 30 heavy (non-hydrogen) atoms. The van der Waals surface area contributed by atoms with Crippen molar-refractivity contribution in [3.05, 3.63) is 59.0 Å². The number of aryl methyl sites for hydroxylation is 1. The van der Waals surface area contributed by atoms with Crippen molar-refractivity contribution in [3.8, 4) is 6.07 Å². The van der Waals surface area contributed by atoms with Crippen LogP contribution in [0.25, 0.3) is 11.0 Å². The maximum absolute atomic E-state index is 14.0. The summed E-state index contributed by atoms with van der Waals surface area (Å²) in [5.41, 5.74) is 1.46. The molecule has 1 saturated carbocycles. The Morgan fingerprint density at radius 3 is 2.70 bits per heavy atom. The molecular weight excluding hydrogens is 395 g/mol. The van der Waals surface area contributed by atoms with Gasteiger partial charge in [-0.2, -0.15) is 11.3 Å². The second-order valence-corrected chi connectivity index (χ2v) is 7.44. The predicted molar refractivity (Wildman–Crippen MR) is 105 cm³/mol. The Balaban J connectivity index is 0.00000256. The van der Waals surface area contributed by atoms with E-state index in [2.05, 4.69) is 32.5 Å². The molecule has 4 rings (SSSR count). The van der Waals surface area contributed by atoms with Gasteiger partial charge < -0.3 is 10.3 Å². The van der Waals surface area contributed by atoms with Crippen molar-refractivity contribution in [1.82, 2.24) is 15.0 Å². The number of benzene rings is 1. The largest absolute Gasteiger partial charge is 1.00 e. The number of fused-ring (bicyclic) bond motifs is 1. The Morgan fingerprint density at radius 2 is 2.03 bits per heavy atom. The molecule has 0 aliphatic heterocycles. The van der Waals surface area contributed by atoms with Crippen molar-refractivity contribution in [2.24, 2.45) is 0 Å². The molecule has 3 aromatic rings. The Morgan fingerprint density at radius 1 is 1.27 bits per heavy atom. The number of nitrogens with one attached hydrogen (secondary N) is 1. The number of pyridine rings is 1. The van der Waals surface area contributed by atoms with Gasteiger partial charge in [-0.15, -0.1) is 5.56 Å². The molecule has 5 nitrogen and oxygen atoms in total. The molecule has 0 unspecified atom stereocenters. The molecule has 0 bridgehead atoms. The Bertz CT molecular complexity index is 1120. The number of aromatic nitrogens is 3. The standard InChI is InChI=1S/C22H20F2N5.Na/c1-3-22(23,24)16-6-4-5-15(9-16)11-26-19-18-10-17(21(13-25)7-8-21)12-27-20(18)29-14(2)28-19;/h4-6,9-10H,3,7-8,11H2,1-2H3,(H,26,27,28,29);/q-1;+1. The first-order valence-electron chi connectivity index (χ1n) is 9.57. The van der Waals surface area contributed by atoms with Gasteiger partial charge in [0.2, 0.25) is 0 Å². The number of anilines is 1. The molecule has 1 aliphatic rings. The Hall–Kier alpha value is -2.14. The van der Waals surface area contributed by atoms with Crippen molar-refractivity contribution in [2.45, 2.75) is 51.0 Å². The van der Waals surface area contributed by atoms with Crippen LogP contribution in [0.5, 0.6) is 0 Å². The van der Waals surface area contributed by atoms with E-state index in [1.807, 2.05) is 6.07 Å². The summed E-state index contributed by atoms with van der Waals surface area (Å²) < 4.78 is 28.0. The van der Waals surface area contributed by atoms with Gasteiger partial charge in [0.1, 0.15) is 11.6 Å². The van der Waals surface area contributed by atoms with Crippen LogP contribution in [0.15, 0.2) is 30.3 Å². The fourth-order valence-corrected chi connectivity index (χ4v) is 3.32. The van der Waals surface area contributed by atoms with Crippen molar-refractivity contribution in [1.29, 1.82) is 5.26 Å². The van der Waals surface area contributed by atoms with Gasteiger partial charge in [0.25, 0.3) is 5.92 Å². The van der Waals surface area contributed by atoms with Gasteiger partial charge in [-0.3, -0.25) is 4.98 Å². The average molecular weight is 415 g/mol. The second-order valence-electron chi connectivity index (χ2n) is 7.44. The minimum Gasteiger partial charge on any atom is -0.369 e. The summed E-state index contributed by atoms with van der Waals surface area (Å²) in [6.45, 7) is 3.56. The minimum absolute atomic E-state index is 0. The minimum atomic E-state index is -2.85. The summed E-state index contributed by atoms with van der Waals surface area (Å²) >= 11 is 0. The molecule has 148 valence electrons. The number of nitrogens with zero attached hydrogens (tertiary/aromatic N) is 4. The van der Waals surface area contributed by atoms with Crippen molar-refractivity contribution >= 4 is 16.9 Å². The van der Waals surface area contributed by atoms with E-state index < -0.39 is 11.3 Å². The van der Waals surface area contributed by atoms with Gasteiger partial charge in [0.15, 0.2) is 0 Å². The van der Waals surface area contributed by atoms with Crippen molar-refractivity contribution < 1.29 is 38.3 Å². The summed E-state index contributed by atoms with van der Waals surface area (Å²) in [4.78, 5) is 13.1. The van der Waals surface area contributed by atoms with Gasteiger partial charge in [0, 0.05) is 18.5 Å². The molecule has 0 atom stereocenters. The maximum Gasteiger partial charge on any atom is 1.00 e. The monoisotopic (exact) mass is 415 g/mol. The summed E-state index contributed by atoms with van der Waals surface area (Å²) in [6, 6.07) is 10.6. The zero-order valence-electron chi connectivity index (χ0n) is 17.3. The summed E-state index contributed by atoms with van der Waals surface area (Å²) in [5.74, 6) is -1.74. The first-order valence-corrected chi connectivity index (χ1v) is 9.57. The third kappa shape index (κ3) is 4.31. The van der Waals surface area contributed by atoms with Crippen LogP contribution in [-0.2, 0) is 17.9 Å². The van der Waals surface area contributed by atoms with Gasteiger partial charge in [-0.25, -0.2) is 13.8 Å². The molecule has 1 N–H and O–H groups in total. The Labute approximate surface area is 196 Å². The van der Waals surface area contributed by atoms with E-state index in [0.29, 0.717) is 29.2 Å². The fourth-order valence-electron chi connectivity index (χ4n) is 3.32. The summed E-state index contributed by atoms with van der Waals surface area (Å²) in [6.07, 6.45) is 4.29. The molecule has 0 saturated heterocycles. The van der Waals surface area contributed by atoms with Crippen LogP contribution in [0.2, 0.25) is 0 Å². The number of hydrogen-bond donors (Lipinski definition) is 1.